The summed E-state index contributed by atoms with van der Waals surface area (Å²) in [5.41, 5.74) is 1.04. The molecule has 56 heavy (non-hydrogen) atoms. The topological polar surface area (TPSA) is 153 Å². The van der Waals surface area contributed by atoms with E-state index in [4.69, 9.17) is 9.52 Å². The number of imide groups is 1. The summed E-state index contributed by atoms with van der Waals surface area (Å²) in [5, 5.41) is 8.12. The summed E-state index contributed by atoms with van der Waals surface area (Å²) in [6, 6.07) is 11.9. The summed E-state index contributed by atoms with van der Waals surface area (Å²) in [5.74, 6) is -0.515. The molecule has 6 aromatic rings. The largest absolute Gasteiger partial charge is 0.433 e. The van der Waals surface area contributed by atoms with Crippen LogP contribution in [0.15, 0.2) is 68.7 Å². The molecular weight excluding hydrogens is 731 g/mol. The highest BCUT2D eigenvalue weighted by Gasteiger charge is 2.34. The monoisotopic (exact) mass is 769 g/mol. The van der Waals surface area contributed by atoms with Crippen LogP contribution in [0, 0.1) is 5.92 Å². The molecule has 2 aromatic carbocycles. The van der Waals surface area contributed by atoms with Crippen LogP contribution in [0.2, 0.25) is 0 Å². The van der Waals surface area contributed by atoms with Gasteiger partial charge in [-0.3, -0.25) is 33.6 Å². The number of carbonyl (C=O) groups excluding carboxylic acids is 2. The number of piperazine rings is 1. The maximum atomic E-state index is 13.4. The lowest BCUT2D eigenvalue weighted by molar-refractivity contribution is -0.141. The lowest BCUT2D eigenvalue weighted by atomic mass is 9.85. The zero-order chi connectivity index (χ0) is 38.9. The molecule has 14 nitrogen and oxygen atoms in total. The van der Waals surface area contributed by atoms with Crippen molar-refractivity contribution in [2.24, 2.45) is 13.0 Å². The third-order valence-electron chi connectivity index (χ3n) is 11.6. The summed E-state index contributed by atoms with van der Waals surface area (Å²) < 4.78 is 50.1. The van der Waals surface area contributed by atoms with Gasteiger partial charge >= 0.3 is 17.5 Å². The number of halogens is 3. The SMILES string of the molecule is Cn1c(=O)n(C2CCC(=O)NC2=O)c2cccc(N3CCN(CC4CCC(n5cc6cc7nc(-c8cccc(C(F)(F)F)n8)oc(=O)c7cc6n5)CC4)CC3)c21. The zero-order valence-corrected chi connectivity index (χ0v) is 30.5. The first-order chi connectivity index (χ1) is 26.9. The molecular formula is C39H38F3N9O5. The second kappa shape index (κ2) is 13.7. The van der Waals surface area contributed by atoms with E-state index in [2.05, 4.69) is 25.1 Å². The van der Waals surface area contributed by atoms with Gasteiger partial charge < -0.3 is 9.32 Å². The van der Waals surface area contributed by atoms with E-state index in [9.17, 15) is 32.3 Å². The molecule has 0 spiro atoms. The van der Waals surface area contributed by atoms with Gasteiger partial charge in [-0.15, -0.1) is 0 Å². The third kappa shape index (κ3) is 6.42. The van der Waals surface area contributed by atoms with Gasteiger partial charge in [0.25, 0.3) is 0 Å². The highest BCUT2D eigenvalue weighted by Crippen LogP contribution is 2.35. The minimum atomic E-state index is -4.65. The minimum Gasteiger partial charge on any atom is -0.401 e. The van der Waals surface area contributed by atoms with Crippen molar-refractivity contribution in [3.05, 3.63) is 81.3 Å². The molecule has 2 amide bonds. The van der Waals surface area contributed by atoms with Gasteiger partial charge in [-0.25, -0.2) is 19.6 Å². The Balaban J connectivity index is 0.839. The number of amides is 2. The standard InChI is InChI=1S/C39H38F3N9O5/c1-47-34-29(5-3-6-30(34)51(38(47)55)31-12-13-33(52)45-35(31)53)49-16-14-48(15-17-49)20-22-8-10-24(11-9-22)50-21-23-18-28-25(19-27(23)46-50)37(54)56-36(44-28)26-4-2-7-32(43-26)39(40,41)42/h2-7,18-19,21-22,24,31H,8-17,20H2,1H3,(H,45,52,53). The van der Waals surface area contributed by atoms with E-state index in [1.807, 2.05) is 29.1 Å². The maximum Gasteiger partial charge on any atom is 0.433 e. The molecule has 6 heterocycles. The first kappa shape index (κ1) is 35.8. The molecule has 290 valence electrons. The molecule has 2 saturated heterocycles. The highest BCUT2D eigenvalue weighted by molar-refractivity contribution is 6.00. The number of benzene rings is 2. The molecule has 1 atom stereocenters. The van der Waals surface area contributed by atoms with Gasteiger partial charge in [-0.05, 0) is 74.4 Å². The number of para-hydroxylation sites is 1. The van der Waals surface area contributed by atoms with Crippen LogP contribution < -0.4 is 21.5 Å². The molecule has 3 fully saturated rings. The number of hydrogen-bond donors (Lipinski definition) is 1. The van der Waals surface area contributed by atoms with Crippen molar-refractivity contribution in [3.8, 4) is 11.6 Å². The number of fused-ring (bicyclic) bond motifs is 3. The van der Waals surface area contributed by atoms with Crippen molar-refractivity contribution in [1.29, 1.82) is 0 Å². The van der Waals surface area contributed by atoms with E-state index in [0.29, 0.717) is 23.4 Å². The highest BCUT2D eigenvalue weighted by atomic mass is 19.4. The number of anilines is 1. The molecule has 0 bridgehead atoms. The molecule has 17 heteroatoms. The van der Waals surface area contributed by atoms with Crippen LogP contribution in [-0.4, -0.2) is 78.3 Å². The molecule has 1 N–H and O–H groups in total. The van der Waals surface area contributed by atoms with Crippen molar-refractivity contribution in [2.75, 3.05) is 37.6 Å². The summed E-state index contributed by atoms with van der Waals surface area (Å²) in [7, 11) is 1.73. The Bertz CT molecular complexity index is 2650. The van der Waals surface area contributed by atoms with E-state index in [1.165, 1.54) is 16.7 Å². The number of piperidine rings is 1. The second-order valence-corrected chi connectivity index (χ2v) is 15.0. The van der Waals surface area contributed by atoms with Crippen LogP contribution >= 0.6 is 0 Å². The normalized spacial score (nSPS) is 21.4. The molecule has 2 aliphatic heterocycles. The quantitative estimate of drug-likeness (QED) is 0.234. The lowest BCUT2D eigenvalue weighted by Gasteiger charge is -2.39. The van der Waals surface area contributed by atoms with Crippen molar-refractivity contribution >= 4 is 50.3 Å². The van der Waals surface area contributed by atoms with Crippen LogP contribution in [0.4, 0.5) is 18.9 Å². The smallest absolute Gasteiger partial charge is 0.401 e. The van der Waals surface area contributed by atoms with Gasteiger partial charge in [-0.2, -0.15) is 18.3 Å². The minimum absolute atomic E-state index is 0.182. The molecule has 1 aliphatic carbocycles. The number of carbonyl (C=O) groups is 2. The van der Waals surface area contributed by atoms with E-state index >= 15 is 0 Å². The van der Waals surface area contributed by atoms with Gasteiger partial charge in [0.1, 0.15) is 17.4 Å². The number of nitrogens with zero attached hydrogens (tertiary/aromatic N) is 8. The molecule has 3 aliphatic rings. The number of alkyl halides is 3. The fourth-order valence-electron chi connectivity index (χ4n) is 8.65. The Morgan fingerprint density at radius 1 is 0.893 bits per heavy atom. The van der Waals surface area contributed by atoms with E-state index < -0.39 is 29.4 Å². The Hall–Kier alpha value is -5.84. The Kier molecular flexibility index (Phi) is 8.78. The second-order valence-electron chi connectivity index (χ2n) is 15.0. The fraction of sp³-hybridized carbons (Fsp3) is 0.410. The van der Waals surface area contributed by atoms with E-state index in [-0.39, 0.29) is 46.5 Å². The maximum absolute atomic E-state index is 13.4. The van der Waals surface area contributed by atoms with Crippen molar-refractivity contribution in [3.63, 3.8) is 0 Å². The molecule has 0 radical (unpaired) electrons. The van der Waals surface area contributed by atoms with Crippen LogP contribution in [0.3, 0.4) is 0 Å². The first-order valence-corrected chi connectivity index (χ1v) is 18.8. The van der Waals surface area contributed by atoms with Crippen LogP contribution in [0.5, 0.6) is 0 Å². The summed E-state index contributed by atoms with van der Waals surface area (Å²) in [6.45, 7) is 4.34. The Morgan fingerprint density at radius 2 is 1.66 bits per heavy atom. The summed E-state index contributed by atoms with van der Waals surface area (Å²) in [4.78, 5) is 63.6. The van der Waals surface area contributed by atoms with Gasteiger partial charge in [0.05, 0.1) is 39.2 Å². The number of aryl methyl sites for hydroxylation is 1. The fourth-order valence-corrected chi connectivity index (χ4v) is 8.65. The zero-order valence-electron chi connectivity index (χ0n) is 30.5. The van der Waals surface area contributed by atoms with E-state index in [0.717, 1.165) is 81.1 Å². The third-order valence-corrected chi connectivity index (χ3v) is 11.6. The predicted octanol–water partition coefficient (Wildman–Crippen LogP) is 4.80. The van der Waals surface area contributed by atoms with Crippen molar-refractivity contribution in [2.45, 2.75) is 56.8 Å². The molecule has 1 saturated carbocycles. The average Bonchev–Trinajstić information content (AvgIpc) is 3.71. The van der Waals surface area contributed by atoms with Crippen LogP contribution in [0.25, 0.3) is 44.4 Å². The predicted molar refractivity (Wildman–Crippen MR) is 200 cm³/mol. The Morgan fingerprint density at radius 3 is 2.41 bits per heavy atom. The van der Waals surface area contributed by atoms with Crippen LogP contribution in [0.1, 0.15) is 56.3 Å². The van der Waals surface area contributed by atoms with Crippen molar-refractivity contribution in [1.82, 2.24) is 39.1 Å². The first-order valence-electron chi connectivity index (χ1n) is 18.8. The number of hydrogen-bond acceptors (Lipinski definition) is 10. The number of nitrogens with one attached hydrogen (secondary N) is 1. The Labute approximate surface area is 316 Å². The summed E-state index contributed by atoms with van der Waals surface area (Å²) in [6.07, 6.45) is 1.74. The van der Waals surface area contributed by atoms with Gasteiger partial charge in [0.2, 0.25) is 17.7 Å². The molecule has 1 unspecified atom stereocenters. The number of pyridine rings is 1. The average molecular weight is 770 g/mol. The molecule has 9 rings (SSSR count). The molecule has 4 aromatic heterocycles. The van der Waals surface area contributed by atoms with Gasteiger partial charge in [-0.1, -0.05) is 12.1 Å². The number of aromatic nitrogens is 6. The number of imidazole rings is 1. The summed E-state index contributed by atoms with van der Waals surface area (Å²) >= 11 is 0. The van der Waals surface area contributed by atoms with Crippen molar-refractivity contribution < 1.29 is 27.2 Å². The lowest BCUT2D eigenvalue weighted by Crippen LogP contribution is -2.48. The van der Waals surface area contributed by atoms with Gasteiger partial charge in [0.15, 0.2) is 0 Å². The van der Waals surface area contributed by atoms with E-state index in [1.54, 1.807) is 23.7 Å². The van der Waals surface area contributed by atoms with Gasteiger partial charge in [0, 0.05) is 57.8 Å². The number of rotatable bonds is 6. The van der Waals surface area contributed by atoms with Crippen LogP contribution in [-0.2, 0) is 22.8 Å².